The van der Waals surface area contributed by atoms with Crippen LogP contribution in [0.25, 0.3) is 0 Å². The number of carbonyl (C=O) groups excluding carboxylic acids is 1. The second-order valence-corrected chi connectivity index (χ2v) is 6.51. The number of carbonyl (C=O) groups is 1. The summed E-state index contributed by atoms with van der Waals surface area (Å²) in [6, 6.07) is 5.07. The zero-order valence-corrected chi connectivity index (χ0v) is 12.9. The third-order valence-electron chi connectivity index (χ3n) is 4.58. The summed E-state index contributed by atoms with van der Waals surface area (Å²) in [7, 11) is 1.56. The van der Waals surface area contributed by atoms with E-state index in [-0.39, 0.29) is 11.8 Å². The summed E-state index contributed by atoms with van der Waals surface area (Å²) in [6.45, 7) is 1.37. The van der Waals surface area contributed by atoms with E-state index in [1.807, 2.05) is 4.90 Å². The minimum Gasteiger partial charge on any atom is -0.497 e. The molecule has 21 heavy (non-hydrogen) atoms. The Morgan fingerprint density at radius 3 is 2.86 bits per heavy atom. The molecule has 1 saturated carbocycles. The van der Waals surface area contributed by atoms with E-state index < -0.39 is 5.60 Å². The van der Waals surface area contributed by atoms with Crippen LogP contribution in [0.1, 0.15) is 36.0 Å². The zero-order chi connectivity index (χ0) is 15.0. The molecule has 1 aliphatic heterocycles. The van der Waals surface area contributed by atoms with Crippen molar-refractivity contribution in [1.82, 2.24) is 4.90 Å². The molecule has 1 N–H and O–H groups in total. The topological polar surface area (TPSA) is 49.8 Å². The van der Waals surface area contributed by atoms with Gasteiger partial charge in [-0.25, -0.2) is 0 Å². The lowest BCUT2D eigenvalue weighted by atomic mass is 9.90. The number of benzene rings is 1. The van der Waals surface area contributed by atoms with Gasteiger partial charge < -0.3 is 14.7 Å². The van der Waals surface area contributed by atoms with Gasteiger partial charge in [0, 0.05) is 29.6 Å². The van der Waals surface area contributed by atoms with E-state index in [0.717, 1.165) is 32.2 Å². The molecule has 1 atom stereocenters. The molecule has 5 heteroatoms. The molecule has 0 spiro atoms. The Kier molecular flexibility index (Phi) is 3.84. The first-order valence-corrected chi connectivity index (χ1v) is 7.76. The molecule has 2 fully saturated rings. The molecule has 3 rings (SSSR count). The van der Waals surface area contributed by atoms with Crippen molar-refractivity contribution in [2.45, 2.75) is 31.3 Å². The van der Waals surface area contributed by atoms with Gasteiger partial charge in [0.05, 0.1) is 12.7 Å². The Morgan fingerprint density at radius 1 is 1.43 bits per heavy atom. The first-order valence-electron chi connectivity index (χ1n) is 7.38. The average molecular weight is 310 g/mol. The van der Waals surface area contributed by atoms with Crippen LogP contribution in [0.4, 0.5) is 0 Å². The number of ether oxygens (including phenoxy) is 1. The minimum absolute atomic E-state index is 0.0373. The summed E-state index contributed by atoms with van der Waals surface area (Å²) in [5, 5.41) is 10.8. The van der Waals surface area contributed by atoms with E-state index in [4.69, 9.17) is 16.3 Å². The number of halogens is 1. The quantitative estimate of drug-likeness (QED) is 0.934. The van der Waals surface area contributed by atoms with Gasteiger partial charge in [-0.2, -0.15) is 0 Å². The summed E-state index contributed by atoms with van der Waals surface area (Å²) in [5.74, 6) is 0.751. The Hall–Kier alpha value is -1.26. The van der Waals surface area contributed by atoms with Crippen molar-refractivity contribution in [3.8, 4) is 5.75 Å². The number of aliphatic hydroxyl groups is 1. The molecule has 1 aromatic carbocycles. The highest BCUT2D eigenvalue weighted by molar-refractivity contribution is 6.31. The number of nitrogens with zero attached hydrogens (tertiary/aromatic N) is 1. The molecule has 0 radical (unpaired) electrons. The molecular formula is C16H20ClNO3. The van der Waals surface area contributed by atoms with E-state index in [2.05, 4.69) is 0 Å². The van der Waals surface area contributed by atoms with E-state index in [0.29, 0.717) is 22.9 Å². The highest BCUT2D eigenvalue weighted by Gasteiger charge is 2.49. The summed E-state index contributed by atoms with van der Waals surface area (Å²) in [4.78, 5) is 14.5. The minimum atomic E-state index is -0.523. The lowest BCUT2D eigenvalue weighted by Gasteiger charge is -2.35. The predicted octanol–water partition coefficient (Wildman–Crippen LogP) is 2.73. The van der Waals surface area contributed by atoms with Crippen LogP contribution in [0.15, 0.2) is 18.2 Å². The number of piperidine rings is 1. The Balaban J connectivity index is 1.76. The molecule has 1 heterocycles. The number of methoxy groups -OCH3 is 1. The Bertz CT molecular complexity index is 556. The van der Waals surface area contributed by atoms with Crippen molar-refractivity contribution in [2.75, 3.05) is 20.2 Å². The number of hydrogen-bond acceptors (Lipinski definition) is 3. The monoisotopic (exact) mass is 309 g/mol. The molecule has 1 amide bonds. The van der Waals surface area contributed by atoms with Crippen molar-refractivity contribution in [1.29, 1.82) is 0 Å². The van der Waals surface area contributed by atoms with Gasteiger partial charge in [-0.1, -0.05) is 11.6 Å². The Morgan fingerprint density at radius 2 is 2.19 bits per heavy atom. The molecule has 114 valence electrons. The lowest BCUT2D eigenvalue weighted by molar-refractivity contribution is 0.0282. The van der Waals surface area contributed by atoms with Gasteiger partial charge in [0.15, 0.2) is 0 Å². The van der Waals surface area contributed by atoms with Gasteiger partial charge in [0.2, 0.25) is 0 Å². The van der Waals surface area contributed by atoms with Gasteiger partial charge in [-0.3, -0.25) is 4.79 Å². The summed E-state index contributed by atoms with van der Waals surface area (Å²) in [5.41, 5.74) is 0.0214. The number of amides is 1. The third kappa shape index (κ3) is 3.01. The van der Waals surface area contributed by atoms with Crippen LogP contribution in [0.3, 0.4) is 0 Å². The van der Waals surface area contributed by atoms with Gasteiger partial charge in [0.1, 0.15) is 5.75 Å². The van der Waals surface area contributed by atoms with E-state index >= 15 is 0 Å². The average Bonchev–Trinajstić information content (AvgIpc) is 3.25. The van der Waals surface area contributed by atoms with Crippen LogP contribution in [0, 0.1) is 5.92 Å². The normalized spacial score (nSPS) is 23.8. The maximum atomic E-state index is 12.6. The van der Waals surface area contributed by atoms with E-state index in [9.17, 15) is 9.90 Å². The fourth-order valence-corrected chi connectivity index (χ4v) is 3.35. The SMILES string of the molecule is COc1cc(Cl)cc(C(=O)N2CCCC(C3(O)CC3)C2)c1. The number of rotatable bonds is 3. The second-order valence-electron chi connectivity index (χ2n) is 6.07. The maximum Gasteiger partial charge on any atom is 0.254 e. The predicted molar refractivity (Wildman–Crippen MR) is 80.8 cm³/mol. The third-order valence-corrected chi connectivity index (χ3v) is 4.80. The standard InChI is InChI=1S/C16H20ClNO3/c1-21-14-8-11(7-13(17)9-14)15(19)18-6-2-3-12(10-18)16(20)4-5-16/h7-9,12,20H,2-6,10H2,1H3. The van der Waals surface area contributed by atoms with E-state index in [1.54, 1.807) is 25.3 Å². The van der Waals surface area contributed by atoms with Crippen LogP contribution in [0.2, 0.25) is 5.02 Å². The fraction of sp³-hybridized carbons (Fsp3) is 0.562. The smallest absolute Gasteiger partial charge is 0.254 e. The van der Waals surface area contributed by atoms with Crippen LogP contribution >= 0.6 is 11.6 Å². The van der Waals surface area contributed by atoms with Crippen molar-refractivity contribution in [2.24, 2.45) is 5.92 Å². The molecule has 2 aliphatic rings. The van der Waals surface area contributed by atoms with Gasteiger partial charge in [-0.15, -0.1) is 0 Å². The van der Waals surface area contributed by atoms with Crippen molar-refractivity contribution >= 4 is 17.5 Å². The number of likely N-dealkylation sites (tertiary alicyclic amines) is 1. The van der Waals surface area contributed by atoms with Crippen molar-refractivity contribution in [3.63, 3.8) is 0 Å². The van der Waals surface area contributed by atoms with Gasteiger partial charge >= 0.3 is 0 Å². The molecule has 1 saturated heterocycles. The highest BCUT2D eigenvalue weighted by Crippen LogP contribution is 2.45. The highest BCUT2D eigenvalue weighted by atomic mass is 35.5. The Labute approximate surface area is 129 Å². The lowest BCUT2D eigenvalue weighted by Crippen LogP contribution is -2.44. The molecular weight excluding hydrogens is 290 g/mol. The molecule has 0 aromatic heterocycles. The molecule has 4 nitrogen and oxygen atoms in total. The zero-order valence-electron chi connectivity index (χ0n) is 12.1. The van der Waals surface area contributed by atoms with Gasteiger partial charge in [-0.05, 0) is 43.9 Å². The number of hydrogen-bond donors (Lipinski definition) is 1. The fourth-order valence-electron chi connectivity index (χ4n) is 3.12. The first-order chi connectivity index (χ1) is 10.0. The summed E-state index contributed by atoms with van der Waals surface area (Å²) in [6.07, 6.45) is 3.67. The molecule has 1 aromatic rings. The summed E-state index contributed by atoms with van der Waals surface area (Å²) < 4.78 is 5.16. The van der Waals surface area contributed by atoms with Crippen LogP contribution in [-0.4, -0.2) is 41.7 Å². The largest absolute Gasteiger partial charge is 0.497 e. The van der Waals surface area contributed by atoms with Crippen molar-refractivity contribution in [3.05, 3.63) is 28.8 Å². The molecule has 0 bridgehead atoms. The maximum absolute atomic E-state index is 12.6. The second kappa shape index (κ2) is 5.50. The van der Waals surface area contributed by atoms with Crippen molar-refractivity contribution < 1.29 is 14.6 Å². The summed E-state index contributed by atoms with van der Waals surface area (Å²) >= 11 is 6.03. The van der Waals surface area contributed by atoms with Crippen LogP contribution in [0.5, 0.6) is 5.75 Å². The van der Waals surface area contributed by atoms with E-state index in [1.165, 1.54) is 0 Å². The van der Waals surface area contributed by atoms with Crippen LogP contribution < -0.4 is 4.74 Å². The first kappa shape index (κ1) is 14.7. The molecule has 1 aliphatic carbocycles. The van der Waals surface area contributed by atoms with Gasteiger partial charge in [0.25, 0.3) is 5.91 Å². The van der Waals surface area contributed by atoms with Crippen LogP contribution in [-0.2, 0) is 0 Å². The molecule has 1 unspecified atom stereocenters.